The van der Waals surface area contributed by atoms with Gasteiger partial charge in [0.15, 0.2) is 0 Å². The lowest BCUT2D eigenvalue weighted by molar-refractivity contribution is -0.335. The minimum atomic E-state index is -2.72. The van der Waals surface area contributed by atoms with E-state index in [2.05, 4.69) is 4.74 Å². The van der Waals surface area contributed by atoms with Gasteiger partial charge in [-0.2, -0.15) is 0 Å². The van der Waals surface area contributed by atoms with E-state index in [0.717, 1.165) is 14.2 Å². The van der Waals surface area contributed by atoms with Crippen molar-refractivity contribution in [1.82, 2.24) is 0 Å². The van der Waals surface area contributed by atoms with Gasteiger partial charge in [-0.1, -0.05) is 0 Å². The lowest BCUT2D eigenvalue weighted by Gasteiger charge is -2.47. The molecule has 1 fully saturated rings. The molecule has 0 amide bonds. The molecule has 0 saturated carbocycles. The van der Waals surface area contributed by atoms with E-state index in [9.17, 15) is 25.2 Å². The van der Waals surface area contributed by atoms with Crippen LogP contribution in [0.25, 0.3) is 0 Å². The summed E-state index contributed by atoms with van der Waals surface area (Å²) >= 11 is 0. The number of hydrogen-bond acceptors (Lipinski definition) is 10. The van der Waals surface area contributed by atoms with Crippen LogP contribution in [0, 0.1) is 0 Å². The molecule has 1 heterocycles. The summed E-state index contributed by atoms with van der Waals surface area (Å²) in [4.78, 5) is 11.7. The molecule has 124 valence electrons. The zero-order chi connectivity index (χ0) is 16.4. The van der Waals surface area contributed by atoms with E-state index >= 15 is 0 Å². The largest absolute Gasteiger partial charge is 0.465 e. The fourth-order valence-corrected chi connectivity index (χ4v) is 2.21. The van der Waals surface area contributed by atoms with Crippen molar-refractivity contribution in [3.8, 4) is 0 Å². The van der Waals surface area contributed by atoms with Crippen molar-refractivity contribution in [2.75, 3.05) is 20.8 Å². The van der Waals surface area contributed by atoms with Crippen LogP contribution in [-0.2, 0) is 19.0 Å². The molecule has 7 atom stereocenters. The van der Waals surface area contributed by atoms with Crippen LogP contribution in [0.3, 0.4) is 0 Å². The molecule has 0 radical (unpaired) electrons. The summed E-state index contributed by atoms with van der Waals surface area (Å²) in [5.41, 5.74) is 5.67. The predicted octanol–water partition coefficient (Wildman–Crippen LogP) is -4.34. The number of rotatable bonds is 5. The highest BCUT2D eigenvalue weighted by atomic mass is 16.7. The number of nitrogens with two attached hydrogens (primary N) is 1. The number of aliphatic hydroxyl groups excluding tert-OH is 4. The summed E-state index contributed by atoms with van der Waals surface area (Å²) in [5.74, 6) is -3.99. The van der Waals surface area contributed by atoms with Gasteiger partial charge in [0.25, 0.3) is 5.79 Å². The third-order valence-electron chi connectivity index (χ3n) is 3.43. The molecule has 0 aromatic carbocycles. The van der Waals surface area contributed by atoms with Gasteiger partial charge in [0.1, 0.15) is 30.5 Å². The van der Waals surface area contributed by atoms with Crippen LogP contribution in [0.5, 0.6) is 0 Å². The lowest BCUT2D eigenvalue weighted by atomic mass is 9.87. The first kappa shape index (κ1) is 18.2. The maximum Gasteiger partial charge on any atom is 0.369 e. The molecular formula is C11H21NO9. The van der Waals surface area contributed by atoms with Crippen molar-refractivity contribution in [1.29, 1.82) is 0 Å². The monoisotopic (exact) mass is 311 g/mol. The minimum Gasteiger partial charge on any atom is -0.465 e. The summed E-state index contributed by atoms with van der Waals surface area (Å²) in [5, 5.41) is 48.4. The van der Waals surface area contributed by atoms with Crippen LogP contribution in [0.2, 0.25) is 0 Å². The van der Waals surface area contributed by atoms with Crippen LogP contribution in [0.15, 0.2) is 0 Å². The molecule has 10 nitrogen and oxygen atoms in total. The first-order valence-corrected chi connectivity index (χ1v) is 6.16. The maximum absolute atomic E-state index is 11.7. The molecule has 1 saturated heterocycles. The van der Waals surface area contributed by atoms with Crippen LogP contribution in [-0.4, -0.2) is 94.7 Å². The van der Waals surface area contributed by atoms with Crippen molar-refractivity contribution in [2.45, 2.75) is 42.3 Å². The summed E-state index contributed by atoms with van der Waals surface area (Å²) in [6.07, 6.45) is -8.10. The van der Waals surface area contributed by atoms with Gasteiger partial charge in [0.05, 0.1) is 19.8 Å². The number of hydrogen-bond donors (Lipinski definition) is 6. The lowest BCUT2D eigenvalue weighted by Crippen LogP contribution is -2.73. The van der Waals surface area contributed by atoms with Crippen molar-refractivity contribution >= 4 is 5.97 Å². The molecule has 7 N–H and O–H groups in total. The van der Waals surface area contributed by atoms with Gasteiger partial charge < -0.3 is 45.5 Å². The summed E-state index contributed by atoms with van der Waals surface area (Å²) in [7, 11) is 2.09. The molecule has 1 rings (SSSR count). The molecule has 0 aliphatic carbocycles. The van der Waals surface area contributed by atoms with E-state index in [-0.39, 0.29) is 0 Å². The van der Waals surface area contributed by atoms with E-state index in [1.54, 1.807) is 0 Å². The third-order valence-corrected chi connectivity index (χ3v) is 3.43. The standard InChI is InChI=1S/C11H21NO9/c1-19-9-7(16)5(12)8(6(15)4(14)3-13)21-11(9,18)10(17)20-2/h4-9,13-16,18H,3,12H2,1-2H3/t4-,5-,6-,7-,8-,9?,11?/m1/s1. The Kier molecular flexibility index (Phi) is 6.01. The van der Waals surface area contributed by atoms with Crippen molar-refractivity contribution < 1.29 is 44.5 Å². The summed E-state index contributed by atoms with van der Waals surface area (Å²) in [6.45, 7) is -0.811. The first-order chi connectivity index (χ1) is 9.74. The van der Waals surface area contributed by atoms with Crippen LogP contribution < -0.4 is 5.73 Å². The van der Waals surface area contributed by atoms with Crippen molar-refractivity contribution in [3.63, 3.8) is 0 Å². The number of carbonyl (C=O) groups is 1. The smallest absolute Gasteiger partial charge is 0.369 e. The zero-order valence-corrected chi connectivity index (χ0v) is 11.6. The van der Waals surface area contributed by atoms with E-state index < -0.39 is 54.9 Å². The maximum atomic E-state index is 11.7. The molecule has 0 aromatic rings. The zero-order valence-electron chi connectivity index (χ0n) is 11.6. The summed E-state index contributed by atoms with van der Waals surface area (Å²) < 4.78 is 14.3. The van der Waals surface area contributed by atoms with Gasteiger partial charge >= 0.3 is 5.97 Å². The van der Waals surface area contributed by atoms with Gasteiger partial charge in [0.2, 0.25) is 0 Å². The molecular weight excluding hydrogens is 290 g/mol. The van der Waals surface area contributed by atoms with Crippen LogP contribution >= 0.6 is 0 Å². The molecule has 0 aromatic heterocycles. The Morgan fingerprint density at radius 2 is 2.00 bits per heavy atom. The van der Waals surface area contributed by atoms with Gasteiger partial charge in [-0.15, -0.1) is 0 Å². The Morgan fingerprint density at radius 1 is 1.43 bits per heavy atom. The number of methoxy groups -OCH3 is 2. The third kappa shape index (κ3) is 3.17. The van der Waals surface area contributed by atoms with Gasteiger partial charge in [0, 0.05) is 7.11 Å². The average Bonchev–Trinajstić information content (AvgIpc) is 2.48. The number of ether oxygens (including phenoxy) is 3. The number of esters is 1. The van der Waals surface area contributed by atoms with Crippen molar-refractivity contribution in [3.05, 3.63) is 0 Å². The second-order valence-electron chi connectivity index (χ2n) is 4.74. The molecule has 2 unspecified atom stereocenters. The highest BCUT2D eigenvalue weighted by Crippen LogP contribution is 2.32. The van der Waals surface area contributed by atoms with E-state index in [1.807, 2.05) is 0 Å². The molecule has 1 aliphatic rings. The van der Waals surface area contributed by atoms with Crippen LogP contribution in [0.1, 0.15) is 0 Å². The Balaban J connectivity index is 3.13. The highest BCUT2D eigenvalue weighted by molar-refractivity contribution is 5.78. The minimum absolute atomic E-state index is 0.811. The fourth-order valence-electron chi connectivity index (χ4n) is 2.21. The number of carbonyl (C=O) groups excluding carboxylic acids is 1. The molecule has 21 heavy (non-hydrogen) atoms. The number of aliphatic hydroxyl groups is 5. The normalized spacial score (nSPS) is 39.6. The highest BCUT2D eigenvalue weighted by Gasteiger charge is 2.60. The topological polar surface area (TPSA) is 172 Å². The van der Waals surface area contributed by atoms with Crippen LogP contribution in [0.4, 0.5) is 0 Å². The molecule has 1 aliphatic heterocycles. The predicted molar refractivity (Wildman–Crippen MR) is 65.7 cm³/mol. The second kappa shape index (κ2) is 6.94. The van der Waals surface area contributed by atoms with E-state index in [0.29, 0.717) is 0 Å². The Labute approximate surface area is 120 Å². The van der Waals surface area contributed by atoms with Crippen molar-refractivity contribution in [2.24, 2.45) is 5.73 Å². The average molecular weight is 311 g/mol. The first-order valence-electron chi connectivity index (χ1n) is 6.16. The van der Waals surface area contributed by atoms with E-state index in [4.69, 9.17) is 20.3 Å². The van der Waals surface area contributed by atoms with E-state index in [1.165, 1.54) is 0 Å². The Bertz CT molecular complexity index is 368. The fraction of sp³-hybridized carbons (Fsp3) is 0.909. The molecule has 0 bridgehead atoms. The van der Waals surface area contributed by atoms with Gasteiger partial charge in [-0.25, -0.2) is 4.79 Å². The SMILES string of the molecule is COC(=O)C1(O)O[C@@H]([C@H](O)[C@H](O)CO)[C@H](N)[C@@H](O)C1OC. The quantitative estimate of drug-likeness (QED) is 0.272. The molecule has 10 heteroatoms. The van der Waals surface area contributed by atoms with Gasteiger partial charge in [-0.05, 0) is 0 Å². The Morgan fingerprint density at radius 3 is 2.43 bits per heavy atom. The Hall–Kier alpha value is -0.850. The second-order valence-corrected chi connectivity index (χ2v) is 4.74. The molecule has 0 spiro atoms. The van der Waals surface area contributed by atoms with Gasteiger partial charge in [-0.3, -0.25) is 0 Å². The summed E-state index contributed by atoms with van der Waals surface area (Å²) in [6, 6.07) is -1.30.